The zero-order valence-corrected chi connectivity index (χ0v) is 8.56. The quantitative estimate of drug-likeness (QED) is 0.369. The van der Waals surface area contributed by atoms with Gasteiger partial charge in [0, 0.05) is 0 Å². The first kappa shape index (κ1) is 12.7. The van der Waals surface area contributed by atoms with Crippen molar-refractivity contribution in [2.45, 2.75) is 33.3 Å². The molecule has 0 fully saturated rings. The molecule has 0 spiro atoms. The topological polar surface area (TPSA) is 78.7 Å². The van der Waals surface area contributed by atoms with Crippen LogP contribution in [0.25, 0.3) is 0 Å². The van der Waals surface area contributed by atoms with E-state index >= 15 is 0 Å². The molecule has 14 heavy (non-hydrogen) atoms. The van der Waals surface area contributed by atoms with Crippen LogP contribution in [0.3, 0.4) is 0 Å². The van der Waals surface area contributed by atoms with Crippen LogP contribution in [0.4, 0.5) is 0 Å². The Morgan fingerprint density at radius 3 is 2.43 bits per heavy atom. The second-order valence-electron chi connectivity index (χ2n) is 3.25. The fourth-order valence-corrected chi connectivity index (χ4v) is 0.730. The van der Waals surface area contributed by atoms with Gasteiger partial charge in [-0.3, -0.25) is 4.84 Å². The van der Waals surface area contributed by atoms with Crippen LogP contribution in [0, 0.1) is 16.0 Å². The predicted octanol–water partition coefficient (Wildman–Crippen LogP) is 1.17. The van der Waals surface area contributed by atoms with Crippen molar-refractivity contribution in [1.82, 2.24) is 0 Å². The van der Waals surface area contributed by atoms with Gasteiger partial charge in [0.15, 0.2) is 0 Å². The fourth-order valence-electron chi connectivity index (χ4n) is 0.730. The summed E-state index contributed by atoms with van der Waals surface area (Å²) >= 11 is 0. The third-order valence-electron chi connectivity index (χ3n) is 1.41. The standard InChI is InChI=1S/C8H15NO5/c1-4-7(14-9(11)12)8(10)13-5-6(2)3/h6-7H,4-5H2,1-3H3/t7-/m1/s1. The molecule has 6 heteroatoms. The van der Waals surface area contributed by atoms with E-state index in [1.165, 1.54) is 0 Å². The number of hydrogen-bond acceptors (Lipinski definition) is 5. The van der Waals surface area contributed by atoms with Gasteiger partial charge in [-0.1, -0.05) is 20.8 Å². The van der Waals surface area contributed by atoms with Crippen LogP contribution >= 0.6 is 0 Å². The molecule has 0 unspecified atom stereocenters. The molecule has 0 heterocycles. The molecule has 0 aliphatic rings. The summed E-state index contributed by atoms with van der Waals surface area (Å²) in [6, 6.07) is 0. The van der Waals surface area contributed by atoms with Crippen LogP contribution in [-0.2, 0) is 14.4 Å². The minimum Gasteiger partial charge on any atom is -0.464 e. The van der Waals surface area contributed by atoms with Crippen molar-refractivity contribution in [3.63, 3.8) is 0 Å². The Balaban J connectivity index is 3.98. The van der Waals surface area contributed by atoms with Crippen molar-refractivity contribution in [3.8, 4) is 0 Å². The summed E-state index contributed by atoms with van der Waals surface area (Å²) in [5.74, 6) is -0.482. The number of nitrogens with zero attached hydrogens (tertiary/aromatic N) is 1. The van der Waals surface area contributed by atoms with Crippen molar-refractivity contribution in [2.75, 3.05) is 6.61 Å². The molecule has 0 rings (SSSR count). The van der Waals surface area contributed by atoms with Gasteiger partial charge >= 0.3 is 5.97 Å². The van der Waals surface area contributed by atoms with Crippen LogP contribution in [0.5, 0.6) is 0 Å². The average Bonchev–Trinajstić information content (AvgIpc) is 2.09. The van der Waals surface area contributed by atoms with Gasteiger partial charge in [0.1, 0.15) is 0 Å². The number of carbonyl (C=O) groups is 1. The van der Waals surface area contributed by atoms with Gasteiger partial charge in [0.25, 0.3) is 5.09 Å². The van der Waals surface area contributed by atoms with Crippen LogP contribution in [0.2, 0.25) is 0 Å². The molecule has 0 saturated heterocycles. The molecule has 0 aromatic carbocycles. The second kappa shape index (κ2) is 6.17. The Kier molecular flexibility index (Phi) is 5.59. The number of rotatable bonds is 6. The van der Waals surface area contributed by atoms with Gasteiger partial charge in [-0.25, -0.2) is 4.79 Å². The largest absolute Gasteiger partial charge is 0.464 e. The van der Waals surface area contributed by atoms with E-state index in [0.29, 0.717) is 0 Å². The van der Waals surface area contributed by atoms with Gasteiger partial charge in [0.05, 0.1) is 6.61 Å². The van der Waals surface area contributed by atoms with E-state index in [0.717, 1.165) is 0 Å². The first-order valence-corrected chi connectivity index (χ1v) is 4.45. The first-order valence-electron chi connectivity index (χ1n) is 4.45. The van der Waals surface area contributed by atoms with Crippen LogP contribution in [-0.4, -0.2) is 23.8 Å². The maximum Gasteiger partial charge on any atom is 0.335 e. The zero-order chi connectivity index (χ0) is 11.1. The summed E-state index contributed by atoms with van der Waals surface area (Å²) in [4.78, 5) is 25.3. The van der Waals surface area contributed by atoms with E-state index in [2.05, 4.69) is 4.84 Å². The monoisotopic (exact) mass is 205 g/mol. The Labute approximate surface area is 82.3 Å². The molecule has 0 amide bonds. The SMILES string of the molecule is CC[C@@H](O[N+](=O)[O-])C(=O)OCC(C)C. The molecule has 0 bridgehead atoms. The molecular formula is C8H15NO5. The maximum atomic E-state index is 11.2. The van der Waals surface area contributed by atoms with E-state index in [1.807, 2.05) is 13.8 Å². The number of ether oxygens (including phenoxy) is 1. The Morgan fingerprint density at radius 1 is 1.50 bits per heavy atom. The molecule has 82 valence electrons. The van der Waals surface area contributed by atoms with E-state index in [4.69, 9.17) is 4.74 Å². The smallest absolute Gasteiger partial charge is 0.335 e. The summed E-state index contributed by atoms with van der Waals surface area (Å²) in [5.41, 5.74) is 0. The van der Waals surface area contributed by atoms with Crippen LogP contribution in [0.1, 0.15) is 27.2 Å². The van der Waals surface area contributed by atoms with Crippen LogP contribution < -0.4 is 0 Å². The highest BCUT2D eigenvalue weighted by Crippen LogP contribution is 2.03. The molecule has 1 atom stereocenters. The molecule has 0 aliphatic heterocycles. The fraction of sp³-hybridized carbons (Fsp3) is 0.875. The van der Waals surface area contributed by atoms with Gasteiger partial charge in [0.2, 0.25) is 6.10 Å². The van der Waals surface area contributed by atoms with Gasteiger partial charge in [-0.2, -0.15) is 0 Å². The lowest BCUT2D eigenvalue weighted by molar-refractivity contribution is -0.765. The summed E-state index contributed by atoms with van der Waals surface area (Å²) in [6.45, 7) is 5.62. The highest BCUT2D eigenvalue weighted by atomic mass is 17.0. The molecule has 0 aromatic heterocycles. The Hall–Kier alpha value is -1.33. The minimum absolute atomic E-state index is 0.201. The normalized spacial score (nSPS) is 12.3. The number of carbonyl (C=O) groups excluding carboxylic acids is 1. The van der Waals surface area contributed by atoms with Crippen molar-refractivity contribution in [1.29, 1.82) is 0 Å². The van der Waals surface area contributed by atoms with Crippen molar-refractivity contribution in [3.05, 3.63) is 10.1 Å². The molecule has 6 nitrogen and oxygen atoms in total. The zero-order valence-electron chi connectivity index (χ0n) is 8.56. The second-order valence-corrected chi connectivity index (χ2v) is 3.25. The molecule has 0 radical (unpaired) electrons. The Bertz CT molecular complexity index is 204. The summed E-state index contributed by atoms with van der Waals surface area (Å²) in [7, 11) is 0. The minimum atomic E-state index is -1.11. The lowest BCUT2D eigenvalue weighted by Crippen LogP contribution is -2.29. The Morgan fingerprint density at radius 2 is 2.07 bits per heavy atom. The molecule has 0 aromatic rings. The summed E-state index contributed by atoms with van der Waals surface area (Å²) in [6.07, 6.45) is -0.887. The predicted molar refractivity (Wildman–Crippen MR) is 48.0 cm³/mol. The van der Waals surface area contributed by atoms with Gasteiger partial charge in [-0.15, -0.1) is 10.1 Å². The number of hydrogen-bond donors (Lipinski definition) is 0. The van der Waals surface area contributed by atoms with Crippen molar-refractivity contribution in [2.24, 2.45) is 5.92 Å². The van der Waals surface area contributed by atoms with Gasteiger partial charge < -0.3 is 4.74 Å². The third kappa shape index (κ3) is 5.34. The lowest BCUT2D eigenvalue weighted by Gasteiger charge is -2.13. The number of esters is 1. The van der Waals surface area contributed by atoms with Crippen molar-refractivity contribution < 1.29 is 19.5 Å². The highest BCUT2D eigenvalue weighted by Gasteiger charge is 2.22. The highest BCUT2D eigenvalue weighted by molar-refractivity contribution is 5.74. The first-order chi connectivity index (χ1) is 6.47. The average molecular weight is 205 g/mol. The third-order valence-corrected chi connectivity index (χ3v) is 1.41. The lowest BCUT2D eigenvalue weighted by atomic mass is 10.2. The summed E-state index contributed by atoms with van der Waals surface area (Å²) < 4.78 is 4.79. The molecular weight excluding hydrogens is 190 g/mol. The summed E-state index contributed by atoms with van der Waals surface area (Å²) in [5, 5.41) is 9.01. The van der Waals surface area contributed by atoms with E-state index in [9.17, 15) is 14.9 Å². The van der Waals surface area contributed by atoms with E-state index < -0.39 is 17.2 Å². The van der Waals surface area contributed by atoms with Gasteiger partial charge in [-0.05, 0) is 12.3 Å². The molecule has 0 saturated carbocycles. The molecule has 0 aliphatic carbocycles. The maximum absolute atomic E-state index is 11.2. The van der Waals surface area contributed by atoms with Crippen molar-refractivity contribution >= 4 is 5.97 Å². The van der Waals surface area contributed by atoms with E-state index in [1.54, 1.807) is 6.92 Å². The molecule has 0 N–H and O–H groups in total. The van der Waals surface area contributed by atoms with Crippen LogP contribution in [0.15, 0.2) is 0 Å². The van der Waals surface area contributed by atoms with E-state index in [-0.39, 0.29) is 18.9 Å².